The van der Waals surface area contributed by atoms with Crippen molar-refractivity contribution in [2.45, 2.75) is 62.0 Å². The fraction of sp³-hybridized carbons (Fsp3) is 0.545. The van der Waals surface area contributed by atoms with Crippen LogP contribution in [0, 0.1) is 0 Å². The Morgan fingerprint density at radius 3 is 2.52 bits per heavy atom. The lowest BCUT2D eigenvalue weighted by atomic mass is 9.95. The van der Waals surface area contributed by atoms with Gasteiger partial charge in [0.1, 0.15) is 27.8 Å². The summed E-state index contributed by atoms with van der Waals surface area (Å²) in [6.07, 6.45) is 0. The quantitative estimate of drug-likeness (QED) is 0.444. The first kappa shape index (κ1) is 24.3. The Balaban J connectivity index is 1.56. The summed E-state index contributed by atoms with van der Waals surface area (Å²) in [6, 6.07) is 7.44. The molecule has 2 N–H and O–H groups in total. The molecule has 0 radical (unpaired) electrons. The molecule has 4 rings (SSSR count). The van der Waals surface area contributed by atoms with E-state index >= 15 is 0 Å². The predicted octanol–water partition coefficient (Wildman–Crippen LogP) is 2.32. The van der Waals surface area contributed by atoms with E-state index in [1.807, 2.05) is 44.2 Å². The number of β-lactam (4-membered cyclic amide) rings is 1. The largest absolute Gasteiger partial charge is 0.480 e. The SMILES string of the molecule is CC(C)N1CN([C@H](C(=O)N[C@H]2C(=O)N3[C@@H]2SC(C)(C)[C@H]3C(=O)O)c2ccccc2)CSC1=S. The number of fused-ring (bicyclic) bond motifs is 1. The number of amides is 2. The van der Waals surface area contributed by atoms with Crippen molar-refractivity contribution in [3.8, 4) is 0 Å². The number of hydrogen-bond acceptors (Lipinski definition) is 7. The Labute approximate surface area is 207 Å². The van der Waals surface area contributed by atoms with Gasteiger partial charge in [-0.05, 0) is 33.3 Å². The smallest absolute Gasteiger partial charge is 0.327 e. The summed E-state index contributed by atoms with van der Waals surface area (Å²) in [5.74, 6) is -1.07. The van der Waals surface area contributed by atoms with Gasteiger partial charge < -0.3 is 20.2 Å². The predicted molar refractivity (Wildman–Crippen MR) is 134 cm³/mol. The number of thiocarbonyl (C=S) groups is 1. The Bertz CT molecular complexity index is 974. The second-order valence-corrected chi connectivity index (χ2v) is 12.6. The average Bonchev–Trinajstić information content (AvgIpc) is 3.02. The molecule has 0 spiro atoms. The minimum Gasteiger partial charge on any atom is -0.480 e. The number of rotatable bonds is 6. The highest BCUT2D eigenvalue weighted by atomic mass is 32.2. The lowest BCUT2D eigenvalue weighted by Gasteiger charge is -2.45. The van der Waals surface area contributed by atoms with Gasteiger partial charge in [0.15, 0.2) is 0 Å². The molecule has 0 aliphatic carbocycles. The highest BCUT2D eigenvalue weighted by molar-refractivity contribution is 8.22. The molecule has 178 valence electrons. The van der Waals surface area contributed by atoms with E-state index in [2.05, 4.69) is 29.0 Å². The van der Waals surface area contributed by atoms with E-state index in [1.165, 1.54) is 28.4 Å². The molecule has 1 aromatic carbocycles. The van der Waals surface area contributed by atoms with Crippen LogP contribution in [0.4, 0.5) is 0 Å². The molecular weight excluding hydrogens is 480 g/mol. The van der Waals surface area contributed by atoms with Crippen molar-refractivity contribution in [1.82, 2.24) is 20.0 Å². The van der Waals surface area contributed by atoms with E-state index in [9.17, 15) is 19.5 Å². The molecule has 0 aromatic heterocycles. The fourth-order valence-corrected chi connectivity index (χ4v) is 7.58. The van der Waals surface area contributed by atoms with Crippen LogP contribution in [0.25, 0.3) is 0 Å². The highest BCUT2D eigenvalue weighted by Gasteiger charge is 2.64. The van der Waals surface area contributed by atoms with E-state index < -0.39 is 28.8 Å². The van der Waals surface area contributed by atoms with Gasteiger partial charge in [-0.15, -0.1) is 11.8 Å². The van der Waals surface area contributed by atoms with Gasteiger partial charge in [-0.2, -0.15) is 0 Å². The van der Waals surface area contributed by atoms with Crippen LogP contribution in [0.2, 0.25) is 0 Å². The molecule has 0 saturated carbocycles. The zero-order valence-corrected chi connectivity index (χ0v) is 21.4. The molecule has 4 atom stereocenters. The molecule has 2 amide bonds. The average molecular weight is 509 g/mol. The number of thioether (sulfide) groups is 2. The second-order valence-electron chi connectivity index (χ2n) is 9.23. The van der Waals surface area contributed by atoms with Crippen LogP contribution in [0.1, 0.15) is 39.3 Å². The lowest BCUT2D eigenvalue weighted by Crippen LogP contribution is -2.71. The van der Waals surface area contributed by atoms with Crippen molar-refractivity contribution in [3.05, 3.63) is 35.9 Å². The first-order valence-electron chi connectivity index (χ1n) is 10.8. The van der Waals surface area contributed by atoms with Crippen molar-refractivity contribution in [1.29, 1.82) is 0 Å². The maximum Gasteiger partial charge on any atom is 0.327 e. The van der Waals surface area contributed by atoms with Crippen LogP contribution < -0.4 is 5.32 Å². The molecule has 33 heavy (non-hydrogen) atoms. The van der Waals surface area contributed by atoms with Crippen LogP contribution in [-0.2, 0) is 14.4 Å². The Morgan fingerprint density at radius 1 is 1.24 bits per heavy atom. The number of carbonyl (C=O) groups is 3. The van der Waals surface area contributed by atoms with Crippen molar-refractivity contribution < 1.29 is 19.5 Å². The third-order valence-corrected chi connectivity index (χ3v) is 9.35. The van der Waals surface area contributed by atoms with Gasteiger partial charge >= 0.3 is 5.97 Å². The van der Waals surface area contributed by atoms with Gasteiger partial charge in [-0.1, -0.05) is 54.3 Å². The van der Waals surface area contributed by atoms with Crippen LogP contribution in [0.15, 0.2) is 30.3 Å². The number of nitrogens with zero attached hydrogens (tertiary/aromatic N) is 3. The van der Waals surface area contributed by atoms with E-state index in [0.29, 0.717) is 12.5 Å². The number of carbonyl (C=O) groups excluding carboxylic acids is 2. The standard InChI is InChI=1S/C22H28N4O4S3/c1-12(2)25-10-24(11-32-21(25)31)15(13-8-6-5-7-9-13)17(27)23-14-18(28)26-16(20(29)30)22(3,4)33-19(14)26/h5-9,12,14-16,19H,10-11H2,1-4H3,(H,23,27)(H,29,30)/t14-,15-,16+,19+/m0/s1. The zero-order chi connectivity index (χ0) is 24.1. The number of nitrogens with one attached hydrogen (secondary N) is 1. The molecular formula is C22H28N4O4S3. The van der Waals surface area contributed by atoms with Crippen LogP contribution in [-0.4, -0.2) is 82.7 Å². The molecule has 1 aromatic rings. The summed E-state index contributed by atoms with van der Waals surface area (Å²) in [7, 11) is 0. The number of hydrogen-bond donors (Lipinski definition) is 2. The van der Waals surface area contributed by atoms with Crippen LogP contribution in [0.5, 0.6) is 0 Å². The van der Waals surface area contributed by atoms with Gasteiger partial charge in [-0.25, -0.2) is 4.79 Å². The second kappa shape index (κ2) is 9.09. The molecule has 3 saturated heterocycles. The monoisotopic (exact) mass is 508 g/mol. The summed E-state index contributed by atoms with van der Waals surface area (Å²) in [6.45, 7) is 8.28. The maximum atomic E-state index is 13.6. The molecule has 8 nitrogen and oxygen atoms in total. The van der Waals surface area contributed by atoms with E-state index in [-0.39, 0.29) is 23.2 Å². The van der Waals surface area contributed by atoms with E-state index in [4.69, 9.17) is 12.2 Å². The summed E-state index contributed by atoms with van der Waals surface area (Å²) in [5.41, 5.74) is 0.832. The normalized spacial score (nSPS) is 27.8. The Kier molecular flexibility index (Phi) is 6.69. The minimum absolute atomic E-state index is 0.194. The van der Waals surface area contributed by atoms with Gasteiger partial charge in [-0.3, -0.25) is 14.5 Å². The number of carboxylic acid groups (broad SMARTS) is 1. The van der Waals surface area contributed by atoms with Crippen molar-refractivity contribution in [2.24, 2.45) is 0 Å². The first-order chi connectivity index (χ1) is 15.5. The molecule has 3 aliphatic rings. The van der Waals surface area contributed by atoms with Crippen molar-refractivity contribution in [2.75, 3.05) is 12.5 Å². The van der Waals surface area contributed by atoms with Gasteiger partial charge in [0.2, 0.25) is 11.8 Å². The minimum atomic E-state index is -1.02. The molecule has 3 aliphatic heterocycles. The third kappa shape index (κ3) is 4.36. The van der Waals surface area contributed by atoms with Gasteiger partial charge in [0.25, 0.3) is 0 Å². The van der Waals surface area contributed by atoms with Crippen LogP contribution in [0.3, 0.4) is 0 Å². The number of benzene rings is 1. The van der Waals surface area contributed by atoms with Gasteiger partial charge in [0, 0.05) is 10.8 Å². The number of carboxylic acids is 1. The number of aliphatic carboxylic acids is 1. The maximum absolute atomic E-state index is 13.6. The fourth-order valence-electron chi connectivity index (χ4n) is 4.59. The van der Waals surface area contributed by atoms with E-state index in [1.54, 1.807) is 0 Å². The molecule has 0 unspecified atom stereocenters. The molecule has 3 heterocycles. The summed E-state index contributed by atoms with van der Waals surface area (Å²) >= 11 is 8.45. The van der Waals surface area contributed by atoms with E-state index in [0.717, 1.165) is 9.88 Å². The van der Waals surface area contributed by atoms with Crippen LogP contribution >= 0.6 is 35.7 Å². The Hall–Kier alpha value is -1.82. The molecule has 3 fully saturated rings. The lowest BCUT2D eigenvalue weighted by molar-refractivity contribution is -0.161. The summed E-state index contributed by atoms with van der Waals surface area (Å²) in [5, 5.41) is 12.2. The zero-order valence-electron chi connectivity index (χ0n) is 18.9. The van der Waals surface area contributed by atoms with Gasteiger partial charge in [0.05, 0.1) is 12.5 Å². The first-order valence-corrected chi connectivity index (χ1v) is 13.1. The van der Waals surface area contributed by atoms with Crippen molar-refractivity contribution in [3.63, 3.8) is 0 Å². The van der Waals surface area contributed by atoms with Crippen molar-refractivity contribution >= 4 is 57.8 Å². The summed E-state index contributed by atoms with van der Waals surface area (Å²) in [4.78, 5) is 43.8. The Morgan fingerprint density at radius 2 is 1.91 bits per heavy atom. The molecule has 11 heteroatoms. The third-order valence-electron chi connectivity index (χ3n) is 6.25. The highest BCUT2D eigenvalue weighted by Crippen LogP contribution is 2.50. The summed E-state index contributed by atoms with van der Waals surface area (Å²) < 4.78 is 0.170. The molecule has 0 bridgehead atoms. The topological polar surface area (TPSA) is 93.2 Å².